The molecule has 2 atom stereocenters. The molecule has 2 aromatic rings. The van der Waals surface area contributed by atoms with Crippen LogP contribution in [-0.2, 0) is 11.4 Å². The number of carbonyl (C=O) groups is 1. The lowest BCUT2D eigenvalue weighted by Gasteiger charge is -2.12. The molecule has 1 aliphatic rings. The maximum Gasteiger partial charge on any atom is 0.316 e. The van der Waals surface area contributed by atoms with Crippen molar-refractivity contribution in [2.45, 2.75) is 37.5 Å². The summed E-state index contributed by atoms with van der Waals surface area (Å²) in [6, 6.07) is 11.2. The summed E-state index contributed by atoms with van der Waals surface area (Å²) in [5.41, 5.74) is 2.02. The maximum absolute atomic E-state index is 11.1. The molecule has 7 heteroatoms. The van der Waals surface area contributed by atoms with Crippen LogP contribution in [0.15, 0.2) is 36.4 Å². The van der Waals surface area contributed by atoms with Crippen molar-refractivity contribution in [3.63, 3.8) is 0 Å². The SMILES string of the molecule is CCC(SCC[C@@H]1COc2cc(OCc3ccc(Cl)cc3Cl)ccc21)C(=O)O. The molecule has 4 nitrogen and oxygen atoms in total. The van der Waals surface area contributed by atoms with Crippen molar-refractivity contribution in [2.24, 2.45) is 0 Å². The fraction of sp³-hybridized carbons (Fsp3) is 0.381. The van der Waals surface area contributed by atoms with E-state index in [1.54, 1.807) is 12.1 Å². The first-order chi connectivity index (χ1) is 13.5. The number of hydrogen-bond donors (Lipinski definition) is 1. The number of benzene rings is 2. The highest BCUT2D eigenvalue weighted by molar-refractivity contribution is 8.00. The maximum atomic E-state index is 11.1. The summed E-state index contributed by atoms with van der Waals surface area (Å²) < 4.78 is 11.7. The van der Waals surface area contributed by atoms with E-state index in [2.05, 4.69) is 0 Å². The van der Waals surface area contributed by atoms with E-state index in [1.165, 1.54) is 11.8 Å². The Balaban J connectivity index is 1.56. The third kappa shape index (κ3) is 5.28. The van der Waals surface area contributed by atoms with Crippen molar-refractivity contribution in [3.05, 3.63) is 57.6 Å². The van der Waals surface area contributed by atoms with E-state index < -0.39 is 5.97 Å². The number of rotatable bonds is 9. The smallest absolute Gasteiger partial charge is 0.316 e. The van der Waals surface area contributed by atoms with Gasteiger partial charge >= 0.3 is 5.97 Å². The minimum absolute atomic E-state index is 0.286. The molecule has 0 fully saturated rings. The summed E-state index contributed by atoms with van der Waals surface area (Å²) >= 11 is 13.6. The van der Waals surface area contributed by atoms with Gasteiger partial charge in [0.1, 0.15) is 23.4 Å². The van der Waals surface area contributed by atoms with Gasteiger partial charge in [0.05, 0.1) is 6.61 Å². The Bertz CT molecular complexity index is 843. The van der Waals surface area contributed by atoms with Gasteiger partial charge in [-0.05, 0) is 36.8 Å². The van der Waals surface area contributed by atoms with Crippen molar-refractivity contribution in [1.82, 2.24) is 0 Å². The second kappa shape index (κ2) is 9.77. The average molecular weight is 441 g/mol. The molecule has 0 spiro atoms. The molecular weight excluding hydrogens is 419 g/mol. The third-order valence-electron chi connectivity index (χ3n) is 4.71. The Hall–Kier alpha value is -1.56. The van der Waals surface area contributed by atoms with E-state index in [-0.39, 0.29) is 11.2 Å². The summed E-state index contributed by atoms with van der Waals surface area (Å²) in [5.74, 6) is 1.90. The van der Waals surface area contributed by atoms with Gasteiger partial charge in [-0.15, -0.1) is 11.8 Å². The number of ether oxygens (including phenoxy) is 2. The highest BCUT2D eigenvalue weighted by Gasteiger charge is 2.25. The summed E-state index contributed by atoms with van der Waals surface area (Å²) in [7, 11) is 0. The molecule has 0 saturated carbocycles. The monoisotopic (exact) mass is 440 g/mol. The molecule has 1 aliphatic heterocycles. The average Bonchev–Trinajstić information content (AvgIpc) is 3.06. The molecule has 2 aromatic carbocycles. The van der Waals surface area contributed by atoms with Gasteiger partial charge in [-0.25, -0.2) is 0 Å². The zero-order valence-electron chi connectivity index (χ0n) is 15.5. The number of fused-ring (bicyclic) bond motifs is 1. The minimum Gasteiger partial charge on any atom is -0.493 e. The largest absolute Gasteiger partial charge is 0.493 e. The van der Waals surface area contributed by atoms with Gasteiger partial charge in [0.15, 0.2) is 0 Å². The molecule has 0 amide bonds. The Morgan fingerprint density at radius 3 is 2.86 bits per heavy atom. The first-order valence-corrected chi connectivity index (χ1v) is 11.0. The number of aliphatic carboxylic acids is 1. The van der Waals surface area contributed by atoms with E-state index in [1.807, 2.05) is 31.2 Å². The van der Waals surface area contributed by atoms with Crippen LogP contribution in [0.3, 0.4) is 0 Å². The first-order valence-electron chi connectivity index (χ1n) is 9.15. The van der Waals surface area contributed by atoms with Crippen LogP contribution in [0, 0.1) is 0 Å². The van der Waals surface area contributed by atoms with Crippen LogP contribution in [0.1, 0.15) is 36.8 Å². The van der Waals surface area contributed by atoms with Gasteiger partial charge in [0, 0.05) is 33.2 Å². The molecule has 0 radical (unpaired) electrons. The van der Waals surface area contributed by atoms with Gasteiger partial charge in [-0.2, -0.15) is 0 Å². The number of halogens is 2. The Labute approximate surface area is 179 Å². The predicted molar refractivity (Wildman–Crippen MR) is 114 cm³/mol. The van der Waals surface area contributed by atoms with Crippen LogP contribution in [0.25, 0.3) is 0 Å². The lowest BCUT2D eigenvalue weighted by atomic mass is 9.99. The van der Waals surface area contributed by atoms with Gasteiger partial charge in [-0.3, -0.25) is 4.79 Å². The minimum atomic E-state index is -0.738. The van der Waals surface area contributed by atoms with Crippen LogP contribution in [0.2, 0.25) is 10.0 Å². The normalized spacial score (nSPS) is 16.3. The van der Waals surface area contributed by atoms with E-state index >= 15 is 0 Å². The van der Waals surface area contributed by atoms with Crippen molar-refractivity contribution in [2.75, 3.05) is 12.4 Å². The molecule has 0 aliphatic carbocycles. The van der Waals surface area contributed by atoms with Gasteiger partial charge in [0.25, 0.3) is 0 Å². The Kier molecular flexibility index (Phi) is 7.38. The number of thioether (sulfide) groups is 1. The molecular formula is C21H22Cl2O4S. The molecule has 28 heavy (non-hydrogen) atoms. The zero-order valence-corrected chi connectivity index (χ0v) is 17.8. The Morgan fingerprint density at radius 2 is 2.14 bits per heavy atom. The van der Waals surface area contributed by atoms with Crippen LogP contribution >= 0.6 is 35.0 Å². The Morgan fingerprint density at radius 1 is 1.32 bits per heavy atom. The number of carboxylic acid groups (broad SMARTS) is 1. The van der Waals surface area contributed by atoms with Crippen molar-refractivity contribution in [1.29, 1.82) is 0 Å². The second-order valence-corrected chi connectivity index (χ2v) is 8.78. The van der Waals surface area contributed by atoms with Crippen LogP contribution in [0.4, 0.5) is 0 Å². The molecule has 0 aromatic heterocycles. The van der Waals surface area contributed by atoms with E-state index in [0.717, 1.165) is 34.8 Å². The van der Waals surface area contributed by atoms with Crippen LogP contribution in [-0.4, -0.2) is 28.7 Å². The standard InChI is InChI=1S/C21H22Cl2O4S/c1-2-20(21(24)25)28-8-7-13-11-27-19-10-16(5-6-17(13)19)26-12-14-3-4-15(22)9-18(14)23/h3-6,9-10,13,20H,2,7-8,11-12H2,1H3,(H,24,25)/t13-,20?/m1/s1. The van der Waals surface area contributed by atoms with Gasteiger partial charge in [0.2, 0.25) is 0 Å². The lowest BCUT2D eigenvalue weighted by Crippen LogP contribution is -2.16. The summed E-state index contributed by atoms with van der Waals surface area (Å²) in [5, 5.41) is 9.98. The summed E-state index contributed by atoms with van der Waals surface area (Å²) in [6.45, 7) is 2.87. The molecule has 1 N–H and O–H groups in total. The number of hydrogen-bond acceptors (Lipinski definition) is 4. The number of carboxylic acids is 1. The second-order valence-electron chi connectivity index (χ2n) is 6.63. The third-order valence-corrected chi connectivity index (χ3v) is 6.70. The topological polar surface area (TPSA) is 55.8 Å². The molecule has 1 heterocycles. The lowest BCUT2D eigenvalue weighted by molar-refractivity contribution is -0.136. The van der Waals surface area contributed by atoms with Crippen LogP contribution < -0.4 is 9.47 Å². The highest BCUT2D eigenvalue weighted by atomic mass is 35.5. The highest BCUT2D eigenvalue weighted by Crippen LogP contribution is 2.39. The summed E-state index contributed by atoms with van der Waals surface area (Å²) in [4.78, 5) is 11.1. The van der Waals surface area contributed by atoms with E-state index in [0.29, 0.717) is 29.7 Å². The van der Waals surface area contributed by atoms with Crippen molar-refractivity contribution in [3.8, 4) is 11.5 Å². The molecule has 3 rings (SSSR count). The van der Waals surface area contributed by atoms with Crippen molar-refractivity contribution >= 4 is 40.9 Å². The quantitative estimate of drug-likeness (QED) is 0.515. The fourth-order valence-electron chi connectivity index (χ4n) is 3.10. The molecule has 0 saturated heterocycles. The fourth-order valence-corrected chi connectivity index (χ4v) is 4.65. The van der Waals surface area contributed by atoms with E-state index in [4.69, 9.17) is 37.8 Å². The van der Waals surface area contributed by atoms with Crippen LogP contribution in [0.5, 0.6) is 11.5 Å². The van der Waals surface area contributed by atoms with E-state index in [9.17, 15) is 4.79 Å². The zero-order chi connectivity index (χ0) is 20.1. The van der Waals surface area contributed by atoms with Gasteiger partial charge < -0.3 is 14.6 Å². The molecule has 150 valence electrons. The molecule has 0 bridgehead atoms. The first kappa shape index (κ1) is 21.2. The molecule has 1 unspecified atom stereocenters. The van der Waals surface area contributed by atoms with Crippen molar-refractivity contribution < 1.29 is 19.4 Å². The predicted octanol–water partition coefficient (Wildman–Crippen LogP) is 6.03. The van der Waals surface area contributed by atoms with Gasteiger partial charge in [-0.1, -0.05) is 42.3 Å². The summed E-state index contributed by atoms with van der Waals surface area (Å²) in [6.07, 6.45) is 1.53.